The summed E-state index contributed by atoms with van der Waals surface area (Å²) in [5.41, 5.74) is 1.09. The number of hydrogen-bond acceptors (Lipinski definition) is 4. The summed E-state index contributed by atoms with van der Waals surface area (Å²) in [5.74, 6) is 2.07. The molecule has 2 N–H and O–H groups in total. The lowest BCUT2D eigenvalue weighted by Crippen LogP contribution is -2.42. The van der Waals surface area contributed by atoms with Crippen molar-refractivity contribution in [3.8, 4) is 0 Å². The Labute approximate surface area is 185 Å². The molecule has 0 bridgehead atoms. The molecule has 1 fully saturated rings. The summed E-state index contributed by atoms with van der Waals surface area (Å²) < 4.78 is 23.0. The molecule has 1 saturated carbocycles. The van der Waals surface area contributed by atoms with Crippen LogP contribution < -0.4 is 10.6 Å². The van der Waals surface area contributed by atoms with Crippen LogP contribution in [0.4, 0.5) is 0 Å². The van der Waals surface area contributed by atoms with Gasteiger partial charge in [0.15, 0.2) is 15.8 Å². The van der Waals surface area contributed by atoms with E-state index in [-0.39, 0.29) is 24.0 Å². The molecule has 5 nitrogen and oxygen atoms in total. The van der Waals surface area contributed by atoms with E-state index in [4.69, 9.17) is 0 Å². The van der Waals surface area contributed by atoms with E-state index in [0.717, 1.165) is 29.7 Å². The van der Waals surface area contributed by atoms with E-state index < -0.39 is 9.84 Å². The molecule has 0 saturated heterocycles. The summed E-state index contributed by atoms with van der Waals surface area (Å²) in [6.07, 6.45) is 5.71. The lowest BCUT2D eigenvalue weighted by atomic mass is 10.1. The van der Waals surface area contributed by atoms with Crippen LogP contribution in [0.2, 0.25) is 0 Å². The van der Waals surface area contributed by atoms with Gasteiger partial charge in [-0.05, 0) is 56.1 Å². The van der Waals surface area contributed by atoms with Crippen LogP contribution in [0, 0.1) is 0 Å². The van der Waals surface area contributed by atoms with E-state index in [1.165, 1.54) is 31.3 Å². The number of nitrogens with zero attached hydrogens (tertiary/aromatic N) is 1. The minimum Gasteiger partial charge on any atom is -0.357 e. The molecule has 0 aromatic heterocycles. The van der Waals surface area contributed by atoms with Crippen molar-refractivity contribution in [1.82, 2.24) is 10.6 Å². The number of nitrogens with one attached hydrogen (secondary N) is 2. The Morgan fingerprint density at radius 1 is 1.22 bits per heavy atom. The summed E-state index contributed by atoms with van der Waals surface area (Å²) in [4.78, 5) is 5.05. The highest BCUT2D eigenvalue weighted by molar-refractivity contribution is 14.0. The number of thioether (sulfide) groups is 1. The van der Waals surface area contributed by atoms with Gasteiger partial charge in [0.05, 0.1) is 4.90 Å². The van der Waals surface area contributed by atoms with Crippen molar-refractivity contribution in [3.05, 3.63) is 29.8 Å². The SMILES string of the molecule is CCNC(=NCCc1ccc(S(C)(=O)=O)cc1)NC1CCC(SCC)C1.I. The number of guanidine groups is 1. The quantitative estimate of drug-likeness (QED) is 0.309. The van der Waals surface area contributed by atoms with Crippen LogP contribution in [0.5, 0.6) is 0 Å². The van der Waals surface area contributed by atoms with Gasteiger partial charge in [0, 0.05) is 30.6 Å². The van der Waals surface area contributed by atoms with Gasteiger partial charge >= 0.3 is 0 Å². The average molecular weight is 526 g/mol. The third-order valence-electron chi connectivity index (χ3n) is 4.49. The Kier molecular flexibility index (Phi) is 11.1. The zero-order chi connectivity index (χ0) is 19.0. The van der Waals surface area contributed by atoms with Gasteiger partial charge < -0.3 is 10.6 Å². The van der Waals surface area contributed by atoms with Crippen LogP contribution in [0.1, 0.15) is 38.7 Å². The second-order valence-corrected chi connectivity index (χ2v) is 10.3. The van der Waals surface area contributed by atoms with Gasteiger partial charge in [-0.3, -0.25) is 4.99 Å². The normalized spacial score (nSPS) is 20.2. The first-order chi connectivity index (χ1) is 12.4. The molecule has 2 rings (SSSR count). The zero-order valence-electron chi connectivity index (χ0n) is 16.4. The molecule has 154 valence electrons. The van der Waals surface area contributed by atoms with Crippen LogP contribution in [0.15, 0.2) is 34.2 Å². The van der Waals surface area contributed by atoms with E-state index >= 15 is 0 Å². The van der Waals surface area contributed by atoms with E-state index in [1.54, 1.807) is 12.1 Å². The van der Waals surface area contributed by atoms with E-state index in [9.17, 15) is 8.42 Å². The fourth-order valence-corrected chi connectivity index (χ4v) is 4.94. The monoisotopic (exact) mass is 525 g/mol. The fraction of sp³-hybridized carbons (Fsp3) is 0.632. The van der Waals surface area contributed by atoms with Crippen molar-refractivity contribution in [2.75, 3.05) is 25.1 Å². The largest absolute Gasteiger partial charge is 0.357 e. The first kappa shape index (κ1) is 24.6. The molecule has 1 aromatic rings. The molecule has 27 heavy (non-hydrogen) atoms. The van der Waals surface area contributed by atoms with Crippen molar-refractivity contribution < 1.29 is 8.42 Å². The second kappa shape index (κ2) is 12.2. The Hall–Kier alpha value is -0.480. The smallest absolute Gasteiger partial charge is 0.191 e. The number of benzene rings is 1. The lowest BCUT2D eigenvalue weighted by molar-refractivity contribution is 0.602. The summed E-state index contributed by atoms with van der Waals surface area (Å²) in [7, 11) is -3.13. The molecule has 0 amide bonds. The van der Waals surface area contributed by atoms with Crippen LogP contribution in [-0.2, 0) is 16.3 Å². The van der Waals surface area contributed by atoms with Crippen molar-refractivity contribution >= 4 is 51.5 Å². The predicted octanol–water partition coefficient (Wildman–Crippen LogP) is 3.48. The lowest BCUT2D eigenvalue weighted by Gasteiger charge is -2.17. The molecule has 0 radical (unpaired) electrons. The highest BCUT2D eigenvalue weighted by atomic mass is 127. The molecule has 8 heteroatoms. The molecular formula is C19H32IN3O2S2. The zero-order valence-corrected chi connectivity index (χ0v) is 20.4. The third-order valence-corrected chi connectivity index (χ3v) is 6.86. The molecule has 2 atom stereocenters. The minimum atomic E-state index is -3.13. The first-order valence-electron chi connectivity index (χ1n) is 9.37. The maximum atomic E-state index is 11.5. The van der Waals surface area contributed by atoms with Crippen molar-refractivity contribution in [3.63, 3.8) is 0 Å². The van der Waals surface area contributed by atoms with Crippen LogP contribution in [-0.4, -0.2) is 50.8 Å². The van der Waals surface area contributed by atoms with Gasteiger partial charge in [0.25, 0.3) is 0 Å². The molecule has 1 aliphatic carbocycles. The van der Waals surface area contributed by atoms with E-state index in [0.29, 0.717) is 17.5 Å². The highest BCUT2D eigenvalue weighted by Crippen LogP contribution is 2.29. The van der Waals surface area contributed by atoms with Crippen molar-refractivity contribution in [2.45, 2.75) is 55.7 Å². The van der Waals surface area contributed by atoms with Gasteiger partial charge in [0.1, 0.15) is 0 Å². The van der Waals surface area contributed by atoms with Gasteiger partial charge in [-0.15, -0.1) is 24.0 Å². The highest BCUT2D eigenvalue weighted by Gasteiger charge is 2.25. The fourth-order valence-electron chi connectivity index (χ4n) is 3.17. The van der Waals surface area contributed by atoms with Crippen LogP contribution in [0.25, 0.3) is 0 Å². The van der Waals surface area contributed by atoms with Gasteiger partial charge in [0.2, 0.25) is 0 Å². The summed E-state index contributed by atoms with van der Waals surface area (Å²) in [6, 6.07) is 7.58. The summed E-state index contributed by atoms with van der Waals surface area (Å²) in [5, 5.41) is 7.66. The Morgan fingerprint density at radius 3 is 2.52 bits per heavy atom. The average Bonchev–Trinajstić information content (AvgIpc) is 3.02. The number of sulfone groups is 1. The van der Waals surface area contributed by atoms with E-state index in [2.05, 4.69) is 41.2 Å². The second-order valence-electron chi connectivity index (χ2n) is 6.66. The van der Waals surface area contributed by atoms with Crippen LogP contribution >= 0.6 is 35.7 Å². The number of hydrogen-bond donors (Lipinski definition) is 2. The number of halogens is 1. The standard InChI is InChI=1S/C19H31N3O2S2.HI/c1-4-20-19(22-16-8-9-17(14-16)25-5-2)21-13-12-15-6-10-18(11-7-15)26(3,23)24;/h6-7,10-11,16-17H,4-5,8-9,12-14H2,1-3H3,(H2,20,21,22);1H. The molecule has 0 spiro atoms. The van der Waals surface area contributed by atoms with Crippen LogP contribution in [0.3, 0.4) is 0 Å². The topological polar surface area (TPSA) is 70.6 Å². The number of aliphatic imine (C=N–C) groups is 1. The summed E-state index contributed by atoms with van der Waals surface area (Å²) in [6.45, 7) is 5.81. The molecular weight excluding hydrogens is 493 g/mol. The molecule has 0 heterocycles. The summed E-state index contributed by atoms with van der Waals surface area (Å²) >= 11 is 2.06. The Balaban J connectivity index is 0.00000364. The van der Waals surface area contributed by atoms with Gasteiger partial charge in [-0.1, -0.05) is 19.1 Å². The van der Waals surface area contributed by atoms with Crippen molar-refractivity contribution in [1.29, 1.82) is 0 Å². The minimum absolute atomic E-state index is 0. The third kappa shape index (κ3) is 8.60. The van der Waals surface area contributed by atoms with Gasteiger partial charge in [-0.2, -0.15) is 11.8 Å². The maximum absolute atomic E-state index is 11.5. The number of rotatable bonds is 8. The molecule has 1 aromatic carbocycles. The molecule has 2 unspecified atom stereocenters. The first-order valence-corrected chi connectivity index (χ1v) is 12.3. The predicted molar refractivity (Wildman–Crippen MR) is 127 cm³/mol. The Morgan fingerprint density at radius 2 is 1.93 bits per heavy atom. The molecule has 1 aliphatic rings. The maximum Gasteiger partial charge on any atom is 0.191 e. The molecule has 0 aliphatic heterocycles. The van der Waals surface area contributed by atoms with Gasteiger partial charge in [-0.25, -0.2) is 8.42 Å². The Bertz CT molecular complexity index is 693. The van der Waals surface area contributed by atoms with E-state index in [1.807, 2.05) is 12.1 Å². The van der Waals surface area contributed by atoms with Crippen molar-refractivity contribution in [2.24, 2.45) is 4.99 Å².